The number of carbonyl (C=O) groups is 3. The average Bonchev–Trinajstić information content (AvgIpc) is 2.67. The van der Waals surface area contributed by atoms with E-state index in [0.717, 1.165) is 17.0 Å². The molecule has 6 nitrogen and oxygen atoms in total. The van der Waals surface area contributed by atoms with E-state index in [9.17, 15) is 14.4 Å². The van der Waals surface area contributed by atoms with Crippen molar-refractivity contribution in [2.75, 3.05) is 19.1 Å². The number of methoxy groups -OCH3 is 1. The van der Waals surface area contributed by atoms with Crippen LogP contribution in [0.2, 0.25) is 0 Å². The number of nitrogens with one attached hydrogen (secondary N) is 1. The number of rotatable bonds is 2. The van der Waals surface area contributed by atoms with Crippen molar-refractivity contribution in [3.8, 4) is 5.75 Å². The van der Waals surface area contributed by atoms with Crippen molar-refractivity contribution in [1.82, 2.24) is 5.32 Å². The number of imide groups is 1. The van der Waals surface area contributed by atoms with Crippen LogP contribution in [0.15, 0.2) is 18.2 Å². The number of hydrogen-bond donors (Lipinski definition) is 1. The first-order chi connectivity index (χ1) is 13.2. The van der Waals surface area contributed by atoms with Crippen LogP contribution in [0.3, 0.4) is 0 Å². The molecular formula is C22H38N2O4. The molecule has 1 aromatic carbocycles. The van der Waals surface area contributed by atoms with Crippen LogP contribution < -0.4 is 15.0 Å². The fraction of sp³-hybridized carbons (Fsp3) is 0.591. The molecule has 1 heterocycles. The molecule has 0 aromatic heterocycles. The molecule has 1 aliphatic heterocycles. The van der Waals surface area contributed by atoms with Crippen molar-refractivity contribution in [2.45, 2.75) is 67.7 Å². The fourth-order valence-electron chi connectivity index (χ4n) is 2.05. The molecule has 3 amide bonds. The maximum atomic E-state index is 11.2. The zero-order valence-electron chi connectivity index (χ0n) is 19.0. The van der Waals surface area contributed by atoms with Gasteiger partial charge in [0.05, 0.1) is 7.11 Å². The van der Waals surface area contributed by atoms with Gasteiger partial charge in [-0.2, -0.15) is 0 Å². The molecule has 0 saturated carbocycles. The van der Waals surface area contributed by atoms with Gasteiger partial charge in [-0.05, 0) is 25.0 Å². The number of carbonyl (C=O) groups excluding carboxylic acids is 3. The maximum Gasteiger partial charge on any atom is 0.229 e. The SMILES string of the molecule is CC.CC1CCC(=O)NC1=O.CCC.COc1ccc(C)c(N(C)C(C)=O)c1. The molecule has 0 aliphatic carbocycles. The Balaban J connectivity index is 0. The summed E-state index contributed by atoms with van der Waals surface area (Å²) in [6, 6.07) is 5.68. The standard InChI is InChI=1S/C11H15NO2.C6H9NO2.C3H8.C2H6/c1-8-5-6-10(14-4)7-11(8)12(3)9(2)13;1-4-2-3-5(8)7-6(4)9;1-3-2;1-2/h5-7H,1-4H3;4H,2-3H2,1H3,(H,7,8,9);3H2,1-2H3;1-2H3. The molecule has 1 saturated heterocycles. The van der Waals surface area contributed by atoms with Crippen molar-refractivity contribution in [1.29, 1.82) is 0 Å². The van der Waals surface area contributed by atoms with E-state index in [2.05, 4.69) is 19.2 Å². The van der Waals surface area contributed by atoms with Gasteiger partial charge < -0.3 is 9.64 Å². The lowest BCUT2D eigenvalue weighted by Crippen LogP contribution is -2.39. The van der Waals surface area contributed by atoms with E-state index in [1.807, 2.05) is 45.9 Å². The van der Waals surface area contributed by atoms with Crippen molar-refractivity contribution >= 4 is 23.4 Å². The predicted octanol–water partition coefficient (Wildman–Crippen LogP) is 4.49. The Morgan fingerprint density at radius 1 is 1.25 bits per heavy atom. The average molecular weight is 395 g/mol. The number of ether oxygens (including phenoxy) is 1. The fourth-order valence-corrected chi connectivity index (χ4v) is 2.05. The normalized spacial score (nSPS) is 14.7. The Labute approximate surface area is 170 Å². The molecule has 0 spiro atoms. The van der Waals surface area contributed by atoms with E-state index in [-0.39, 0.29) is 23.6 Å². The van der Waals surface area contributed by atoms with Gasteiger partial charge >= 0.3 is 0 Å². The Morgan fingerprint density at radius 2 is 1.79 bits per heavy atom. The topological polar surface area (TPSA) is 75.7 Å². The van der Waals surface area contributed by atoms with Gasteiger partial charge in [-0.1, -0.05) is 47.1 Å². The highest BCUT2D eigenvalue weighted by atomic mass is 16.5. The summed E-state index contributed by atoms with van der Waals surface area (Å²) in [7, 11) is 3.37. The minimum atomic E-state index is -0.141. The number of amides is 3. The lowest BCUT2D eigenvalue weighted by atomic mass is 10.0. The van der Waals surface area contributed by atoms with E-state index in [1.54, 1.807) is 26.0 Å². The summed E-state index contributed by atoms with van der Waals surface area (Å²) in [5.41, 5.74) is 1.94. The first kappa shape index (κ1) is 27.8. The summed E-state index contributed by atoms with van der Waals surface area (Å²) < 4.78 is 5.10. The third-order valence-corrected chi connectivity index (χ3v) is 3.76. The molecule has 1 unspecified atom stereocenters. The highest BCUT2D eigenvalue weighted by Crippen LogP contribution is 2.24. The predicted molar refractivity (Wildman–Crippen MR) is 116 cm³/mol. The Hall–Kier alpha value is -2.37. The maximum absolute atomic E-state index is 11.2. The molecule has 1 fully saturated rings. The minimum absolute atomic E-state index is 0.0151. The van der Waals surface area contributed by atoms with Crippen LogP contribution >= 0.6 is 0 Å². The number of anilines is 1. The van der Waals surface area contributed by atoms with Crippen LogP contribution in [0.1, 0.15) is 66.4 Å². The summed E-state index contributed by atoms with van der Waals surface area (Å²) in [4.78, 5) is 33.9. The molecule has 6 heteroatoms. The van der Waals surface area contributed by atoms with Crippen LogP contribution in [-0.2, 0) is 14.4 Å². The Kier molecular flexibility index (Phi) is 15.6. The van der Waals surface area contributed by atoms with Crippen molar-refractivity contribution in [3.63, 3.8) is 0 Å². The van der Waals surface area contributed by atoms with Gasteiger partial charge in [0.15, 0.2) is 0 Å². The van der Waals surface area contributed by atoms with Gasteiger partial charge in [-0.15, -0.1) is 0 Å². The lowest BCUT2D eigenvalue weighted by molar-refractivity contribution is -0.135. The van der Waals surface area contributed by atoms with Gasteiger partial charge in [-0.3, -0.25) is 19.7 Å². The molecule has 28 heavy (non-hydrogen) atoms. The second kappa shape index (κ2) is 15.7. The monoisotopic (exact) mass is 394 g/mol. The third kappa shape index (κ3) is 10.7. The van der Waals surface area contributed by atoms with Crippen LogP contribution in [0.4, 0.5) is 5.69 Å². The number of nitrogens with zero attached hydrogens (tertiary/aromatic N) is 1. The molecule has 160 valence electrons. The molecule has 1 aromatic rings. The molecule has 1 atom stereocenters. The number of aryl methyl sites for hydroxylation is 1. The number of benzene rings is 1. The van der Waals surface area contributed by atoms with Gasteiger partial charge in [0.1, 0.15) is 5.75 Å². The van der Waals surface area contributed by atoms with E-state index >= 15 is 0 Å². The molecular weight excluding hydrogens is 356 g/mol. The Bertz CT molecular complexity index is 615. The van der Waals surface area contributed by atoms with Gasteiger partial charge in [0, 0.05) is 38.1 Å². The molecule has 2 rings (SSSR count). The number of piperidine rings is 1. The van der Waals surface area contributed by atoms with Crippen LogP contribution in [0.25, 0.3) is 0 Å². The van der Waals surface area contributed by atoms with Crippen LogP contribution in [0.5, 0.6) is 5.75 Å². The van der Waals surface area contributed by atoms with Crippen LogP contribution in [0, 0.1) is 12.8 Å². The summed E-state index contributed by atoms with van der Waals surface area (Å²) in [6.45, 7) is 13.6. The van der Waals surface area contributed by atoms with Gasteiger partial charge in [-0.25, -0.2) is 0 Å². The second-order valence-corrected chi connectivity index (χ2v) is 6.29. The first-order valence-corrected chi connectivity index (χ1v) is 9.90. The minimum Gasteiger partial charge on any atom is -0.497 e. The van der Waals surface area contributed by atoms with E-state index in [0.29, 0.717) is 12.8 Å². The lowest BCUT2D eigenvalue weighted by Gasteiger charge is -2.18. The first-order valence-electron chi connectivity index (χ1n) is 9.90. The zero-order chi connectivity index (χ0) is 22.3. The van der Waals surface area contributed by atoms with Crippen molar-refractivity contribution in [2.24, 2.45) is 5.92 Å². The third-order valence-electron chi connectivity index (χ3n) is 3.76. The largest absolute Gasteiger partial charge is 0.497 e. The van der Waals surface area contributed by atoms with E-state index < -0.39 is 0 Å². The quantitative estimate of drug-likeness (QED) is 0.750. The van der Waals surface area contributed by atoms with Gasteiger partial charge in [0.25, 0.3) is 0 Å². The number of hydrogen-bond acceptors (Lipinski definition) is 4. The zero-order valence-corrected chi connectivity index (χ0v) is 19.0. The molecule has 0 radical (unpaired) electrons. The summed E-state index contributed by atoms with van der Waals surface area (Å²) >= 11 is 0. The Morgan fingerprint density at radius 3 is 2.18 bits per heavy atom. The summed E-state index contributed by atoms with van der Waals surface area (Å²) in [6.07, 6.45) is 2.44. The van der Waals surface area contributed by atoms with Crippen molar-refractivity contribution in [3.05, 3.63) is 23.8 Å². The summed E-state index contributed by atoms with van der Waals surface area (Å²) in [5.74, 6) is 0.520. The van der Waals surface area contributed by atoms with Gasteiger partial charge in [0.2, 0.25) is 17.7 Å². The second-order valence-electron chi connectivity index (χ2n) is 6.29. The highest BCUT2D eigenvalue weighted by molar-refractivity contribution is 5.98. The smallest absolute Gasteiger partial charge is 0.229 e. The molecule has 1 N–H and O–H groups in total. The molecule has 1 aliphatic rings. The van der Waals surface area contributed by atoms with Crippen molar-refractivity contribution < 1.29 is 19.1 Å². The van der Waals surface area contributed by atoms with Crippen LogP contribution in [-0.4, -0.2) is 31.9 Å². The molecule has 0 bridgehead atoms. The van der Waals surface area contributed by atoms with E-state index in [1.165, 1.54) is 6.42 Å². The highest BCUT2D eigenvalue weighted by Gasteiger charge is 2.21. The van der Waals surface area contributed by atoms with E-state index in [4.69, 9.17) is 4.74 Å². The summed E-state index contributed by atoms with van der Waals surface area (Å²) in [5, 5.41) is 2.25.